The van der Waals surface area contributed by atoms with Gasteiger partial charge in [-0.15, -0.1) is 0 Å². The molecule has 0 fully saturated rings. The molecule has 0 aliphatic carbocycles. The number of amides is 1. The highest BCUT2D eigenvalue weighted by atomic mass is 32.1. The summed E-state index contributed by atoms with van der Waals surface area (Å²) in [5.41, 5.74) is 0.766. The summed E-state index contributed by atoms with van der Waals surface area (Å²) < 4.78 is 41.5. The topological polar surface area (TPSA) is 72.7 Å². The Balaban J connectivity index is 1.69. The minimum absolute atomic E-state index is 0.0192. The molecule has 0 bridgehead atoms. The summed E-state index contributed by atoms with van der Waals surface area (Å²) >= 11 is 1.09. The highest BCUT2D eigenvalue weighted by molar-refractivity contribution is 7.22. The number of thiazole rings is 1. The van der Waals surface area contributed by atoms with Crippen molar-refractivity contribution in [1.29, 1.82) is 0 Å². The van der Waals surface area contributed by atoms with Crippen LogP contribution in [0.25, 0.3) is 21.6 Å². The van der Waals surface area contributed by atoms with Gasteiger partial charge in [-0.05, 0) is 36.4 Å². The number of pyridine rings is 1. The summed E-state index contributed by atoms with van der Waals surface area (Å²) in [6.07, 6.45) is -1.26. The lowest BCUT2D eigenvalue weighted by molar-refractivity contribution is 0.101. The lowest BCUT2D eigenvalue weighted by Gasteiger charge is -2.08. The minimum atomic E-state index is -2.76. The Morgan fingerprint density at radius 2 is 2.00 bits per heavy atom. The van der Waals surface area contributed by atoms with Crippen molar-refractivity contribution < 1.29 is 18.0 Å². The average molecular weight is 403 g/mol. The van der Waals surface area contributed by atoms with Gasteiger partial charge in [-0.2, -0.15) is 5.10 Å². The van der Waals surface area contributed by atoms with E-state index in [1.54, 1.807) is 19.2 Å². The normalized spacial score (nSPS) is 11.3. The maximum absolute atomic E-state index is 13.6. The molecule has 0 radical (unpaired) electrons. The molecular formula is C18H12F3N5OS. The summed E-state index contributed by atoms with van der Waals surface area (Å²) in [5, 5.41) is 6.90. The third kappa shape index (κ3) is 3.33. The summed E-state index contributed by atoms with van der Waals surface area (Å²) in [6.45, 7) is 0. The smallest absolute Gasteiger partial charge is 0.275 e. The van der Waals surface area contributed by atoms with E-state index in [2.05, 4.69) is 20.4 Å². The molecular weight excluding hydrogens is 391 g/mol. The van der Waals surface area contributed by atoms with Crippen molar-refractivity contribution in [3.63, 3.8) is 0 Å². The molecule has 6 nitrogen and oxygen atoms in total. The number of carbonyl (C=O) groups excluding carboxylic acids is 1. The summed E-state index contributed by atoms with van der Waals surface area (Å²) in [6, 6.07) is 7.72. The molecule has 142 valence electrons. The number of hydrogen-bond acceptors (Lipinski definition) is 5. The van der Waals surface area contributed by atoms with Gasteiger partial charge in [0.05, 0.1) is 5.69 Å². The van der Waals surface area contributed by atoms with E-state index in [9.17, 15) is 18.0 Å². The number of alkyl halides is 2. The standard InChI is InChI=1S/C18H12F3N5OS/c1-26-14(6-7-22-26)16(27)25-18-24-13-5-4-12(23-17(13)28-18)11-8-9(19)2-3-10(11)15(20)21/h2-8,15H,1H3,(H,24,25,27). The Morgan fingerprint density at radius 3 is 2.71 bits per heavy atom. The van der Waals surface area contributed by atoms with E-state index in [0.717, 1.165) is 29.5 Å². The van der Waals surface area contributed by atoms with Crippen LogP contribution in [0.5, 0.6) is 0 Å². The molecule has 1 N–H and O–H groups in total. The molecule has 4 aromatic rings. The second kappa shape index (κ2) is 7.04. The largest absolute Gasteiger partial charge is 0.296 e. The van der Waals surface area contributed by atoms with Gasteiger partial charge in [-0.25, -0.2) is 23.1 Å². The van der Waals surface area contributed by atoms with Crippen molar-refractivity contribution in [2.24, 2.45) is 7.05 Å². The number of halogens is 3. The Kier molecular flexibility index (Phi) is 4.55. The molecule has 3 aromatic heterocycles. The zero-order valence-electron chi connectivity index (χ0n) is 14.4. The van der Waals surface area contributed by atoms with Crippen LogP contribution in [0.4, 0.5) is 18.3 Å². The molecule has 1 aromatic carbocycles. The summed E-state index contributed by atoms with van der Waals surface area (Å²) in [7, 11) is 1.64. The van der Waals surface area contributed by atoms with Gasteiger partial charge >= 0.3 is 0 Å². The molecule has 10 heteroatoms. The first-order valence-corrected chi connectivity index (χ1v) is 8.89. The highest BCUT2D eigenvalue weighted by Gasteiger charge is 2.18. The summed E-state index contributed by atoms with van der Waals surface area (Å²) in [4.78, 5) is 21.3. The van der Waals surface area contributed by atoms with E-state index in [0.29, 0.717) is 21.2 Å². The number of hydrogen-bond donors (Lipinski definition) is 1. The quantitative estimate of drug-likeness (QED) is 0.548. The molecule has 0 atom stereocenters. The number of benzene rings is 1. The number of aromatic nitrogens is 4. The van der Waals surface area contributed by atoms with Crippen molar-refractivity contribution in [2.75, 3.05) is 5.32 Å². The zero-order valence-corrected chi connectivity index (χ0v) is 15.2. The first-order valence-electron chi connectivity index (χ1n) is 8.07. The molecule has 0 spiro atoms. The van der Waals surface area contributed by atoms with E-state index in [4.69, 9.17) is 0 Å². The van der Waals surface area contributed by atoms with Gasteiger partial charge in [-0.1, -0.05) is 11.3 Å². The maximum Gasteiger partial charge on any atom is 0.275 e. The minimum Gasteiger partial charge on any atom is -0.296 e. The van der Waals surface area contributed by atoms with Crippen LogP contribution in [0.3, 0.4) is 0 Å². The Bertz CT molecular complexity index is 1190. The van der Waals surface area contributed by atoms with E-state index in [1.807, 2.05) is 0 Å². The van der Waals surface area contributed by atoms with Crippen LogP contribution in [0.15, 0.2) is 42.6 Å². The van der Waals surface area contributed by atoms with Crippen molar-refractivity contribution >= 4 is 32.7 Å². The van der Waals surface area contributed by atoms with Gasteiger partial charge in [0.2, 0.25) is 0 Å². The van der Waals surface area contributed by atoms with E-state index >= 15 is 0 Å². The molecule has 0 saturated carbocycles. The molecule has 3 heterocycles. The number of carbonyl (C=O) groups is 1. The number of nitrogens with one attached hydrogen (secondary N) is 1. The van der Waals surface area contributed by atoms with Crippen LogP contribution in [-0.4, -0.2) is 25.7 Å². The molecule has 1 amide bonds. The lowest BCUT2D eigenvalue weighted by Crippen LogP contribution is -2.15. The fraction of sp³-hybridized carbons (Fsp3) is 0.111. The molecule has 0 saturated heterocycles. The number of fused-ring (bicyclic) bond motifs is 1. The van der Waals surface area contributed by atoms with Crippen LogP contribution >= 0.6 is 11.3 Å². The van der Waals surface area contributed by atoms with Gasteiger partial charge in [0.25, 0.3) is 12.3 Å². The van der Waals surface area contributed by atoms with E-state index in [-0.39, 0.29) is 22.7 Å². The van der Waals surface area contributed by atoms with Gasteiger partial charge in [0.15, 0.2) is 5.13 Å². The number of nitrogens with zero attached hydrogens (tertiary/aromatic N) is 4. The number of aryl methyl sites for hydroxylation is 1. The Morgan fingerprint density at radius 1 is 1.18 bits per heavy atom. The van der Waals surface area contributed by atoms with E-state index < -0.39 is 12.2 Å². The van der Waals surface area contributed by atoms with Crippen molar-refractivity contribution in [2.45, 2.75) is 6.43 Å². The van der Waals surface area contributed by atoms with Crippen LogP contribution in [-0.2, 0) is 7.05 Å². The maximum atomic E-state index is 13.6. The van der Waals surface area contributed by atoms with Crippen LogP contribution in [0.2, 0.25) is 0 Å². The first-order chi connectivity index (χ1) is 13.4. The van der Waals surface area contributed by atoms with Crippen LogP contribution in [0.1, 0.15) is 22.5 Å². The average Bonchev–Trinajstić information content (AvgIpc) is 3.25. The highest BCUT2D eigenvalue weighted by Crippen LogP contribution is 2.33. The zero-order chi connectivity index (χ0) is 19.8. The monoisotopic (exact) mass is 403 g/mol. The van der Waals surface area contributed by atoms with Gasteiger partial charge in [0.1, 0.15) is 21.9 Å². The second-order valence-corrected chi connectivity index (χ2v) is 6.84. The fourth-order valence-electron chi connectivity index (χ4n) is 2.72. The second-order valence-electron chi connectivity index (χ2n) is 5.87. The van der Waals surface area contributed by atoms with E-state index in [1.165, 1.54) is 16.9 Å². The Hall–Kier alpha value is -3.27. The predicted molar refractivity (Wildman–Crippen MR) is 98.9 cm³/mol. The lowest BCUT2D eigenvalue weighted by atomic mass is 10.0. The molecule has 0 aliphatic heterocycles. The third-order valence-electron chi connectivity index (χ3n) is 4.06. The SMILES string of the molecule is Cn1nccc1C(=O)Nc1nc2ccc(-c3cc(F)ccc3C(F)F)nc2s1. The fourth-order valence-corrected chi connectivity index (χ4v) is 3.55. The van der Waals surface area contributed by atoms with Crippen molar-refractivity contribution in [3.05, 3.63) is 59.7 Å². The van der Waals surface area contributed by atoms with Crippen molar-refractivity contribution in [1.82, 2.24) is 19.7 Å². The van der Waals surface area contributed by atoms with Gasteiger partial charge < -0.3 is 0 Å². The first kappa shape index (κ1) is 18.1. The third-order valence-corrected chi connectivity index (χ3v) is 4.94. The molecule has 4 rings (SSSR count). The molecule has 0 aliphatic rings. The predicted octanol–water partition coefficient (Wildman–Crippen LogP) is 4.42. The number of anilines is 1. The van der Waals surface area contributed by atoms with Crippen LogP contribution in [0, 0.1) is 5.82 Å². The van der Waals surface area contributed by atoms with Gasteiger partial charge in [-0.3, -0.25) is 14.8 Å². The molecule has 0 unspecified atom stereocenters. The number of rotatable bonds is 4. The van der Waals surface area contributed by atoms with Gasteiger partial charge in [0, 0.05) is 24.4 Å². The van der Waals surface area contributed by atoms with Crippen LogP contribution < -0.4 is 5.32 Å². The summed E-state index contributed by atoms with van der Waals surface area (Å²) in [5.74, 6) is -1.01. The molecule has 28 heavy (non-hydrogen) atoms. The van der Waals surface area contributed by atoms with Crippen molar-refractivity contribution in [3.8, 4) is 11.3 Å². The Labute approximate surface area is 160 Å².